The van der Waals surface area contributed by atoms with Crippen LogP contribution in [0.3, 0.4) is 0 Å². The number of carboxylic acids is 1. The average molecular weight is 455 g/mol. The van der Waals surface area contributed by atoms with E-state index >= 15 is 0 Å². The van der Waals surface area contributed by atoms with Gasteiger partial charge in [-0.05, 0) is 24.3 Å². The first kappa shape index (κ1) is 19.8. The summed E-state index contributed by atoms with van der Waals surface area (Å²) in [5, 5.41) is 31.7. The number of thioether (sulfide) groups is 2. The third-order valence-corrected chi connectivity index (χ3v) is 8.04. The Hall–Kier alpha value is -2.52. The molecule has 3 atom stereocenters. The number of rotatable bonds is 5. The Morgan fingerprint density at radius 3 is 2.69 bits per heavy atom. The van der Waals surface area contributed by atoms with Crippen LogP contribution in [0.15, 0.2) is 21.3 Å². The summed E-state index contributed by atoms with van der Waals surface area (Å²) in [4.78, 5) is 37.3. The molecule has 12 nitrogen and oxygen atoms in total. The summed E-state index contributed by atoms with van der Waals surface area (Å²) >= 11 is 3.62. The van der Waals surface area contributed by atoms with Gasteiger partial charge in [-0.25, -0.2) is 9.48 Å². The number of hydrogen-bond donors (Lipinski definition) is 2. The van der Waals surface area contributed by atoms with E-state index in [0.717, 1.165) is 11.8 Å². The molecule has 1 saturated heterocycles. The van der Waals surface area contributed by atoms with Gasteiger partial charge in [0.2, 0.25) is 5.91 Å². The third kappa shape index (κ3) is 3.28. The second-order valence-electron chi connectivity index (χ2n) is 6.34. The Bertz CT molecular complexity index is 1040. The van der Waals surface area contributed by atoms with Crippen molar-refractivity contribution in [3.8, 4) is 0 Å². The Balaban J connectivity index is 1.82. The number of tetrazole rings is 1. The van der Waals surface area contributed by atoms with Gasteiger partial charge in [-0.2, -0.15) is 0 Å². The quantitative estimate of drug-likeness (QED) is 0.596. The van der Waals surface area contributed by atoms with Gasteiger partial charge in [0, 0.05) is 6.92 Å². The van der Waals surface area contributed by atoms with Crippen LogP contribution in [0.25, 0.3) is 0 Å². The lowest BCUT2D eigenvalue weighted by Gasteiger charge is -2.53. The molecule has 0 aromatic carbocycles. The van der Waals surface area contributed by atoms with Crippen molar-refractivity contribution in [3.05, 3.63) is 21.9 Å². The number of aromatic nitrogens is 6. The largest absolute Gasteiger partial charge is 0.477 e. The topological polar surface area (TPSA) is 156 Å². The first-order chi connectivity index (χ1) is 13.7. The van der Waals surface area contributed by atoms with Crippen LogP contribution in [0.4, 0.5) is 0 Å². The normalized spacial score (nSPS) is 26.2. The molecular formula is C14H14N8O4S3. The van der Waals surface area contributed by atoms with Crippen molar-refractivity contribution in [2.75, 3.05) is 0 Å². The van der Waals surface area contributed by atoms with E-state index in [1.54, 1.807) is 13.8 Å². The SMILES string of the molecule is CC(=O)NC1(C)S[C@@H]2C(n3cnnn3)C(=O)N2C(C(=O)O)=C1Sc1nnc(C)s1. The molecule has 4 rings (SSSR count). The number of aryl methyl sites for hydroxylation is 1. The monoisotopic (exact) mass is 454 g/mol. The summed E-state index contributed by atoms with van der Waals surface area (Å²) in [6.45, 7) is 4.83. The van der Waals surface area contributed by atoms with Crippen molar-refractivity contribution < 1.29 is 19.5 Å². The van der Waals surface area contributed by atoms with Gasteiger partial charge >= 0.3 is 5.97 Å². The fourth-order valence-electron chi connectivity index (χ4n) is 3.15. The summed E-state index contributed by atoms with van der Waals surface area (Å²) in [6, 6.07) is -0.771. The number of β-lactam (4-membered cyclic amide) rings is 1. The lowest BCUT2D eigenvalue weighted by molar-refractivity contribution is -0.151. The molecular weight excluding hydrogens is 440 g/mol. The number of carbonyl (C=O) groups excluding carboxylic acids is 2. The molecule has 2 aliphatic rings. The summed E-state index contributed by atoms with van der Waals surface area (Å²) < 4.78 is 1.80. The molecule has 0 aliphatic carbocycles. The van der Waals surface area contributed by atoms with Crippen LogP contribution in [0.2, 0.25) is 0 Å². The lowest BCUT2D eigenvalue weighted by Crippen LogP contribution is -2.65. The molecule has 0 spiro atoms. The molecule has 2 N–H and O–H groups in total. The van der Waals surface area contributed by atoms with E-state index in [2.05, 4.69) is 31.0 Å². The molecule has 0 saturated carbocycles. The zero-order valence-electron chi connectivity index (χ0n) is 15.3. The Labute approximate surface area is 176 Å². The maximum atomic E-state index is 12.8. The average Bonchev–Trinajstić information content (AvgIpc) is 3.27. The van der Waals surface area contributed by atoms with Gasteiger partial charge in [0.05, 0.1) is 4.91 Å². The van der Waals surface area contributed by atoms with Crippen molar-refractivity contribution in [1.29, 1.82) is 0 Å². The molecule has 1 fully saturated rings. The molecule has 0 bridgehead atoms. The highest BCUT2D eigenvalue weighted by Gasteiger charge is 2.60. The van der Waals surface area contributed by atoms with Gasteiger partial charge in [-0.1, -0.05) is 23.1 Å². The van der Waals surface area contributed by atoms with Crippen molar-refractivity contribution in [2.24, 2.45) is 0 Å². The Kier molecular flexibility index (Phi) is 4.82. The first-order valence-electron chi connectivity index (χ1n) is 8.19. The van der Waals surface area contributed by atoms with Gasteiger partial charge in [0.15, 0.2) is 10.4 Å². The summed E-state index contributed by atoms with van der Waals surface area (Å²) in [5.74, 6) is -2.06. The smallest absolute Gasteiger partial charge is 0.353 e. The van der Waals surface area contributed by atoms with Crippen molar-refractivity contribution >= 4 is 52.6 Å². The molecule has 4 heterocycles. The van der Waals surface area contributed by atoms with E-state index in [1.807, 2.05) is 0 Å². The van der Waals surface area contributed by atoms with E-state index in [9.17, 15) is 19.5 Å². The fraction of sp³-hybridized carbons (Fsp3) is 0.429. The minimum Gasteiger partial charge on any atom is -0.477 e. The second-order valence-corrected chi connectivity index (χ2v) is 10.3. The number of fused-ring (bicyclic) bond motifs is 1. The van der Waals surface area contributed by atoms with E-state index in [1.165, 1.54) is 45.9 Å². The highest BCUT2D eigenvalue weighted by atomic mass is 32.2. The molecule has 2 unspecified atom stereocenters. The van der Waals surface area contributed by atoms with E-state index in [-0.39, 0.29) is 11.6 Å². The molecule has 15 heteroatoms. The molecule has 2 aliphatic heterocycles. The zero-order valence-corrected chi connectivity index (χ0v) is 17.7. The number of hydrogen-bond acceptors (Lipinski definition) is 11. The van der Waals surface area contributed by atoms with Crippen molar-refractivity contribution in [2.45, 2.75) is 41.4 Å². The van der Waals surface area contributed by atoms with Crippen molar-refractivity contribution in [1.82, 2.24) is 40.6 Å². The molecule has 2 amide bonds. The molecule has 29 heavy (non-hydrogen) atoms. The van der Waals surface area contributed by atoms with Gasteiger partial charge in [-0.3, -0.25) is 14.5 Å². The number of amides is 2. The molecule has 0 radical (unpaired) electrons. The molecule has 152 valence electrons. The summed E-state index contributed by atoms with van der Waals surface area (Å²) in [5.41, 5.74) is -0.197. The Morgan fingerprint density at radius 1 is 1.38 bits per heavy atom. The third-order valence-electron chi connectivity index (χ3n) is 4.22. The number of nitrogens with one attached hydrogen (secondary N) is 1. The summed E-state index contributed by atoms with van der Waals surface area (Å²) in [6.07, 6.45) is 1.30. The van der Waals surface area contributed by atoms with E-state index < -0.39 is 28.2 Å². The van der Waals surface area contributed by atoms with E-state index in [0.29, 0.717) is 14.3 Å². The molecule has 2 aromatic rings. The van der Waals surface area contributed by atoms with Gasteiger partial charge in [0.25, 0.3) is 5.91 Å². The number of carboxylic acid groups (broad SMARTS) is 1. The van der Waals surface area contributed by atoms with Crippen LogP contribution in [0.5, 0.6) is 0 Å². The predicted molar refractivity (Wildman–Crippen MR) is 102 cm³/mol. The highest BCUT2D eigenvalue weighted by molar-refractivity contribution is 8.08. The zero-order chi connectivity index (χ0) is 20.9. The number of carbonyl (C=O) groups is 3. The van der Waals surface area contributed by atoms with Gasteiger partial charge in [-0.15, -0.1) is 27.1 Å². The van der Waals surface area contributed by atoms with Crippen LogP contribution >= 0.6 is 34.9 Å². The number of nitrogens with zero attached hydrogens (tertiary/aromatic N) is 7. The van der Waals surface area contributed by atoms with Crippen LogP contribution in [0.1, 0.15) is 24.9 Å². The van der Waals surface area contributed by atoms with E-state index in [4.69, 9.17) is 0 Å². The minimum atomic E-state index is -1.28. The number of aliphatic carboxylic acids is 1. The van der Waals surface area contributed by atoms with Crippen LogP contribution in [-0.2, 0) is 14.4 Å². The van der Waals surface area contributed by atoms with Gasteiger partial charge < -0.3 is 10.4 Å². The van der Waals surface area contributed by atoms with Crippen LogP contribution < -0.4 is 5.32 Å². The molecule has 2 aromatic heterocycles. The second kappa shape index (κ2) is 7.07. The minimum absolute atomic E-state index is 0.197. The standard InChI is InChI=1S/C14H14N8O4S3/c1-5(23)16-14(3)9(28-13-18-17-6(2)27-13)7(12(25)26)22-10(24)8(11(22)29-14)21-4-15-19-20-21/h4,8,11H,1-3H3,(H,16,23)(H,25,26)/t8?,11-,14?/m1/s1. The van der Waals surface area contributed by atoms with Crippen LogP contribution in [0, 0.1) is 6.92 Å². The Morgan fingerprint density at radius 2 is 2.14 bits per heavy atom. The predicted octanol–water partition coefficient (Wildman–Crippen LogP) is 0.230. The fourth-order valence-corrected chi connectivity index (χ4v) is 6.97. The lowest BCUT2D eigenvalue weighted by atomic mass is 10.0. The first-order valence-corrected chi connectivity index (χ1v) is 10.7. The van der Waals surface area contributed by atoms with Crippen molar-refractivity contribution in [3.63, 3.8) is 0 Å². The van der Waals surface area contributed by atoms with Crippen LogP contribution in [-0.4, -0.2) is 68.4 Å². The van der Waals surface area contributed by atoms with Gasteiger partial charge in [0.1, 0.15) is 27.3 Å². The summed E-state index contributed by atoms with van der Waals surface area (Å²) in [7, 11) is 0. The maximum Gasteiger partial charge on any atom is 0.353 e. The highest BCUT2D eigenvalue weighted by Crippen LogP contribution is 2.56. The maximum absolute atomic E-state index is 12.8.